The van der Waals surface area contributed by atoms with Gasteiger partial charge in [-0.3, -0.25) is 0 Å². The van der Waals surface area contributed by atoms with Crippen LogP contribution in [0.25, 0.3) is 0 Å². The number of hydrogen-bond donors (Lipinski definition) is 2. The SMILES string of the molecule is Cc1ccc(Br)c(Nc2nc(C)cc(C)c2C(N)=S)c1. The topological polar surface area (TPSA) is 50.9 Å². The van der Waals surface area contributed by atoms with E-state index in [9.17, 15) is 0 Å². The van der Waals surface area contributed by atoms with Crippen LogP contribution >= 0.6 is 28.1 Å². The molecule has 20 heavy (non-hydrogen) atoms. The summed E-state index contributed by atoms with van der Waals surface area (Å²) >= 11 is 8.67. The second-order valence-electron chi connectivity index (χ2n) is 4.78. The number of hydrogen-bond acceptors (Lipinski definition) is 3. The Hall–Kier alpha value is -1.46. The van der Waals surface area contributed by atoms with Crippen molar-refractivity contribution in [3.8, 4) is 0 Å². The van der Waals surface area contributed by atoms with E-state index in [1.807, 2.05) is 45.0 Å². The molecule has 104 valence electrons. The van der Waals surface area contributed by atoms with Crippen LogP contribution in [0, 0.1) is 20.8 Å². The highest BCUT2D eigenvalue weighted by Crippen LogP contribution is 2.29. The highest BCUT2D eigenvalue weighted by Gasteiger charge is 2.12. The average Bonchev–Trinajstić information content (AvgIpc) is 2.32. The molecule has 1 heterocycles. The molecule has 0 bridgehead atoms. The monoisotopic (exact) mass is 349 g/mol. The number of aromatic nitrogens is 1. The molecule has 0 fully saturated rings. The maximum atomic E-state index is 5.83. The van der Waals surface area contributed by atoms with E-state index in [4.69, 9.17) is 18.0 Å². The Balaban J connectivity index is 2.53. The number of anilines is 2. The highest BCUT2D eigenvalue weighted by atomic mass is 79.9. The van der Waals surface area contributed by atoms with Crippen LogP contribution in [0.4, 0.5) is 11.5 Å². The molecule has 0 saturated carbocycles. The summed E-state index contributed by atoms with van der Waals surface area (Å²) in [6.07, 6.45) is 0. The lowest BCUT2D eigenvalue weighted by atomic mass is 10.1. The van der Waals surface area contributed by atoms with Gasteiger partial charge in [-0.25, -0.2) is 4.98 Å². The zero-order valence-corrected chi connectivity index (χ0v) is 14.0. The summed E-state index contributed by atoms with van der Waals surface area (Å²) in [5.41, 5.74) is 10.7. The number of nitrogens with two attached hydrogens (primary N) is 1. The number of nitrogens with one attached hydrogen (secondary N) is 1. The van der Waals surface area contributed by atoms with E-state index in [1.165, 1.54) is 0 Å². The summed E-state index contributed by atoms with van der Waals surface area (Å²) in [7, 11) is 0. The molecule has 2 rings (SSSR count). The smallest absolute Gasteiger partial charge is 0.141 e. The number of halogens is 1. The van der Waals surface area contributed by atoms with E-state index in [2.05, 4.69) is 26.2 Å². The quantitative estimate of drug-likeness (QED) is 0.817. The van der Waals surface area contributed by atoms with Crippen molar-refractivity contribution >= 4 is 44.6 Å². The predicted octanol–water partition coefficient (Wildman–Crippen LogP) is 4.15. The standard InChI is InChI=1S/C15H16BrN3S/c1-8-4-5-11(16)12(6-8)19-15-13(14(17)20)9(2)7-10(3)18-15/h4-7H,1-3H3,(H2,17,20)(H,18,19). The molecule has 0 spiro atoms. The Morgan fingerprint density at radius 2 is 1.95 bits per heavy atom. The molecular formula is C15H16BrN3S. The Morgan fingerprint density at radius 3 is 2.60 bits per heavy atom. The first-order valence-electron chi connectivity index (χ1n) is 6.19. The highest BCUT2D eigenvalue weighted by molar-refractivity contribution is 9.10. The Kier molecular flexibility index (Phi) is 4.40. The zero-order chi connectivity index (χ0) is 14.9. The van der Waals surface area contributed by atoms with Crippen LogP contribution in [0.2, 0.25) is 0 Å². The van der Waals surface area contributed by atoms with Crippen molar-refractivity contribution in [1.29, 1.82) is 0 Å². The summed E-state index contributed by atoms with van der Waals surface area (Å²) in [6.45, 7) is 5.98. The fourth-order valence-electron chi connectivity index (χ4n) is 2.10. The zero-order valence-electron chi connectivity index (χ0n) is 11.6. The molecule has 1 aromatic carbocycles. The van der Waals surface area contributed by atoms with Gasteiger partial charge in [0.1, 0.15) is 10.8 Å². The van der Waals surface area contributed by atoms with Crippen molar-refractivity contribution in [3.05, 3.63) is 51.1 Å². The number of pyridine rings is 1. The molecular weight excluding hydrogens is 334 g/mol. The van der Waals surface area contributed by atoms with E-state index in [0.29, 0.717) is 10.8 Å². The molecule has 2 aromatic rings. The predicted molar refractivity (Wildman–Crippen MR) is 91.8 cm³/mol. The molecule has 3 N–H and O–H groups in total. The fraction of sp³-hybridized carbons (Fsp3) is 0.200. The largest absolute Gasteiger partial charge is 0.389 e. The van der Waals surface area contributed by atoms with Crippen molar-refractivity contribution in [2.45, 2.75) is 20.8 Å². The third-order valence-electron chi connectivity index (χ3n) is 2.97. The minimum absolute atomic E-state index is 0.348. The van der Waals surface area contributed by atoms with Crippen LogP contribution in [-0.2, 0) is 0 Å². The molecule has 0 aliphatic rings. The van der Waals surface area contributed by atoms with Gasteiger partial charge in [0.2, 0.25) is 0 Å². The number of benzene rings is 1. The molecule has 0 aliphatic carbocycles. The number of rotatable bonds is 3. The van der Waals surface area contributed by atoms with Gasteiger partial charge in [0.05, 0.1) is 11.3 Å². The van der Waals surface area contributed by atoms with Crippen molar-refractivity contribution in [3.63, 3.8) is 0 Å². The maximum Gasteiger partial charge on any atom is 0.141 e. The fourth-order valence-corrected chi connectivity index (χ4v) is 2.70. The molecule has 0 saturated heterocycles. The summed E-state index contributed by atoms with van der Waals surface area (Å²) < 4.78 is 0.970. The number of aryl methyl sites for hydroxylation is 3. The summed E-state index contributed by atoms with van der Waals surface area (Å²) in [5.74, 6) is 0.696. The van der Waals surface area contributed by atoms with Crippen LogP contribution in [0.3, 0.4) is 0 Å². The van der Waals surface area contributed by atoms with Gasteiger partial charge >= 0.3 is 0 Å². The second-order valence-corrected chi connectivity index (χ2v) is 6.07. The Labute approximate surface area is 132 Å². The summed E-state index contributed by atoms with van der Waals surface area (Å²) in [6, 6.07) is 8.07. The van der Waals surface area contributed by atoms with Gasteiger partial charge in [0, 0.05) is 10.2 Å². The van der Waals surface area contributed by atoms with Crippen LogP contribution < -0.4 is 11.1 Å². The molecule has 0 unspecified atom stereocenters. The lowest BCUT2D eigenvalue weighted by molar-refractivity contribution is 1.17. The lowest BCUT2D eigenvalue weighted by Crippen LogP contribution is -2.15. The van der Waals surface area contributed by atoms with E-state index in [-0.39, 0.29) is 0 Å². The van der Waals surface area contributed by atoms with E-state index >= 15 is 0 Å². The van der Waals surface area contributed by atoms with Crippen LogP contribution in [0.1, 0.15) is 22.4 Å². The van der Waals surface area contributed by atoms with Gasteiger partial charge in [0.25, 0.3) is 0 Å². The first-order valence-corrected chi connectivity index (χ1v) is 7.40. The van der Waals surface area contributed by atoms with Gasteiger partial charge in [-0.1, -0.05) is 18.3 Å². The van der Waals surface area contributed by atoms with E-state index < -0.39 is 0 Å². The Morgan fingerprint density at radius 1 is 1.25 bits per heavy atom. The first-order chi connectivity index (χ1) is 9.38. The molecule has 0 radical (unpaired) electrons. The van der Waals surface area contributed by atoms with Gasteiger partial charge in [0.15, 0.2) is 0 Å². The van der Waals surface area contributed by atoms with Crippen LogP contribution in [0.15, 0.2) is 28.7 Å². The average molecular weight is 350 g/mol. The molecule has 0 aliphatic heterocycles. The third kappa shape index (κ3) is 3.16. The molecule has 5 heteroatoms. The first kappa shape index (κ1) is 14.9. The molecule has 3 nitrogen and oxygen atoms in total. The Bertz CT molecular complexity index is 683. The van der Waals surface area contributed by atoms with Gasteiger partial charge in [-0.2, -0.15) is 0 Å². The normalized spacial score (nSPS) is 10.4. The van der Waals surface area contributed by atoms with Crippen LogP contribution in [-0.4, -0.2) is 9.97 Å². The summed E-state index contributed by atoms with van der Waals surface area (Å²) in [4.78, 5) is 4.87. The van der Waals surface area contributed by atoms with Crippen LogP contribution in [0.5, 0.6) is 0 Å². The third-order valence-corrected chi connectivity index (χ3v) is 3.86. The van der Waals surface area contributed by atoms with Gasteiger partial charge in [-0.05, 0) is 66.0 Å². The summed E-state index contributed by atoms with van der Waals surface area (Å²) in [5, 5.41) is 3.32. The van der Waals surface area contributed by atoms with Crippen molar-refractivity contribution in [1.82, 2.24) is 4.98 Å². The minimum atomic E-state index is 0.348. The van der Waals surface area contributed by atoms with Gasteiger partial charge in [-0.15, -0.1) is 0 Å². The van der Waals surface area contributed by atoms with E-state index in [1.54, 1.807) is 0 Å². The van der Waals surface area contributed by atoms with Crippen molar-refractivity contribution in [2.75, 3.05) is 5.32 Å². The van der Waals surface area contributed by atoms with Gasteiger partial charge < -0.3 is 11.1 Å². The molecule has 0 atom stereocenters. The molecule has 1 aromatic heterocycles. The van der Waals surface area contributed by atoms with Crippen molar-refractivity contribution in [2.24, 2.45) is 5.73 Å². The van der Waals surface area contributed by atoms with Crippen molar-refractivity contribution < 1.29 is 0 Å². The molecule has 0 amide bonds. The van der Waals surface area contributed by atoms with E-state index in [0.717, 1.165) is 32.5 Å². The minimum Gasteiger partial charge on any atom is -0.389 e. The second kappa shape index (κ2) is 5.89. The lowest BCUT2D eigenvalue weighted by Gasteiger charge is -2.15. The number of nitrogens with zero attached hydrogens (tertiary/aromatic N) is 1. The number of thiocarbonyl (C=S) groups is 1. The maximum absolute atomic E-state index is 5.83.